The summed E-state index contributed by atoms with van der Waals surface area (Å²) in [5, 5.41) is 17.4. The summed E-state index contributed by atoms with van der Waals surface area (Å²) >= 11 is 0. The molecule has 6 nitrogen and oxygen atoms in total. The number of aliphatic hydroxyl groups excluding tert-OH is 2. The molecule has 20 heavy (non-hydrogen) atoms. The van der Waals surface area contributed by atoms with Gasteiger partial charge in [0.2, 0.25) is 0 Å². The van der Waals surface area contributed by atoms with Crippen molar-refractivity contribution in [2.75, 3.05) is 26.4 Å². The second-order valence-electron chi connectivity index (χ2n) is 5.90. The molecule has 1 aliphatic carbocycles. The number of ether oxygens (including phenoxy) is 2. The Morgan fingerprint density at radius 1 is 1.10 bits per heavy atom. The summed E-state index contributed by atoms with van der Waals surface area (Å²) < 4.78 is 10.0. The van der Waals surface area contributed by atoms with Crippen molar-refractivity contribution in [2.24, 2.45) is 16.7 Å². The largest absolute Gasteiger partial charge is 0.463 e. The van der Waals surface area contributed by atoms with Crippen molar-refractivity contribution >= 4 is 11.9 Å². The first-order valence-corrected chi connectivity index (χ1v) is 6.87. The molecule has 1 aliphatic rings. The average molecular weight is 288 g/mol. The van der Waals surface area contributed by atoms with Crippen LogP contribution >= 0.6 is 0 Å². The molecule has 0 bridgehead atoms. The Hall–Kier alpha value is -1.14. The van der Waals surface area contributed by atoms with Gasteiger partial charge in [-0.25, -0.2) is 0 Å². The molecule has 0 aromatic rings. The van der Waals surface area contributed by atoms with Crippen LogP contribution in [0.5, 0.6) is 0 Å². The van der Waals surface area contributed by atoms with Gasteiger partial charge in [0, 0.05) is 0 Å². The van der Waals surface area contributed by atoms with Crippen molar-refractivity contribution in [3.63, 3.8) is 0 Å². The molecule has 0 aromatic carbocycles. The highest BCUT2D eigenvalue weighted by molar-refractivity contribution is 5.82. The molecule has 0 heterocycles. The number of carbonyl (C=O) groups is 2. The van der Waals surface area contributed by atoms with Gasteiger partial charge in [-0.05, 0) is 25.2 Å². The van der Waals surface area contributed by atoms with Gasteiger partial charge < -0.3 is 19.7 Å². The van der Waals surface area contributed by atoms with E-state index in [1.165, 1.54) is 0 Å². The van der Waals surface area contributed by atoms with E-state index in [4.69, 9.17) is 19.7 Å². The van der Waals surface area contributed by atoms with Gasteiger partial charge in [0.05, 0.1) is 24.5 Å². The Morgan fingerprint density at radius 3 is 2.20 bits per heavy atom. The zero-order valence-electron chi connectivity index (χ0n) is 12.3. The summed E-state index contributed by atoms with van der Waals surface area (Å²) in [4.78, 5) is 24.2. The Kier molecular flexibility index (Phi) is 5.53. The molecule has 2 atom stereocenters. The van der Waals surface area contributed by atoms with Gasteiger partial charge in [-0.2, -0.15) is 0 Å². The Balaban J connectivity index is 2.82. The lowest BCUT2D eigenvalue weighted by atomic mass is 9.65. The highest BCUT2D eigenvalue weighted by atomic mass is 16.5. The van der Waals surface area contributed by atoms with Gasteiger partial charge >= 0.3 is 11.9 Å². The molecule has 0 saturated heterocycles. The fourth-order valence-electron chi connectivity index (χ4n) is 2.82. The lowest BCUT2D eigenvalue weighted by molar-refractivity contribution is -0.166. The summed E-state index contributed by atoms with van der Waals surface area (Å²) in [6.07, 6.45) is 1.07. The van der Waals surface area contributed by atoms with Crippen molar-refractivity contribution in [1.29, 1.82) is 0 Å². The van der Waals surface area contributed by atoms with Gasteiger partial charge in [0.15, 0.2) is 0 Å². The van der Waals surface area contributed by atoms with Crippen molar-refractivity contribution in [2.45, 2.75) is 33.6 Å². The molecule has 0 amide bonds. The Labute approximate surface area is 119 Å². The van der Waals surface area contributed by atoms with Crippen LogP contribution in [0.25, 0.3) is 0 Å². The molecule has 1 fully saturated rings. The minimum atomic E-state index is -0.787. The number of aliphatic hydroxyl groups is 2. The maximum absolute atomic E-state index is 12.2. The van der Waals surface area contributed by atoms with E-state index in [0.717, 1.165) is 0 Å². The van der Waals surface area contributed by atoms with E-state index in [9.17, 15) is 9.59 Å². The fraction of sp³-hybridized carbons (Fsp3) is 0.857. The molecule has 0 aliphatic heterocycles. The maximum Gasteiger partial charge on any atom is 0.312 e. The topological polar surface area (TPSA) is 93.1 Å². The minimum absolute atomic E-state index is 0.0307. The van der Waals surface area contributed by atoms with Crippen LogP contribution in [-0.4, -0.2) is 48.6 Å². The quantitative estimate of drug-likeness (QED) is 0.691. The summed E-state index contributed by atoms with van der Waals surface area (Å²) in [6.45, 7) is 4.99. The Morgan fingerprint density at radius 2 is 1.65 bits per heavy atom. The maximum atomic E-state index is 12.2. The normalized spacial score (nSPS) is 28.1. The van der Waals surface area contributed by atoms with E-state index in [2.05, 4.69) is 0 Å². The van der Waals surface area contributed by atoms with Gasteiger partial charge in [0.25, 0.3) is 0 Å². The third-order valence-electron chi connectivity index (χ3n) is 4.62. The molecule has 1 rings (SSSR count). The molecule has 0 aromatic heterocycles. The second-order valence-corrected chi connectivity index (χ2v) is 5.90. The molecule has 6 heteroatoms. The summed E-state index contributed by atoms with van der Waals surface area (Å²) in [5.74, 6) is -1.18. The van der Waals surface area contributed by atoms with Crippen LogP contribution in [0.3, 0.4) is 0 Å². The summed E-state index contributed by atoms with van der Waals surface area (Å²) in [5.41, 5.74) is -1.39. The van der Waals surface area contributed by atoms with Crippen LogP contribution in [0.15, 0.2) is 0 Å². The lowest BCUT2D eigenvalue weighted by Crippen LogP contribution is -2.44. The fourth-order valence-corrected chi connectivity index (χ4v) is 2.82. The van der Waals surface area contributed by atoms with E-state index in [1.54, 1.807) is 6.92 Å². The van der Waals surface area contributed by atoms with Gasteiger partial charge in [-0.3, -0.25) is 9.59 Å². The third kappa shape index (κ3) is 2.96. The van der Waals surface area contributed by atoms with Crippen LogP contribution in [0, 0.1) is 16.7 Å². The van der Waals surface area contributed by atoms with Crippen LogP contribution < -0.4 is 0 Å². The molecule has 2 N–H and O–H groups in total. The monoisotopic (exact) mass is 288 g/mol. The first kappa shape index (κ1) is 16.9. The van der Waals surface area contributed by atoms with Crippen LogP contribution in [-0.2, 0) is 19.1 Å². The van der Waals surface area contributed by atoms with Crippen molar-refractivity contribution in [1.82, 2.24) is 0 Å². The van der Waals surface area contributed by atoms with Crippen molar-refractivity contribution in [3.8, 4) is 0 Å². The van der Waals surface area contributed by atoms with E-state index in [-0.39, 0.29) is 32.4 Å². The van der Waals surface area contributed by atoms with E-state index in [1.807, 2.05) is 13.8 Å². The van der Waals surface area contributed by atoms with Crippen molar-refractivity contribution in [3.05, 3.63) is 0 Å². The number of hydrogen-bond donors (Lipinski definition) is 2. The zero-order valence-corrected chi connectivity index (χ0v) is 12.3. The van der Waals surface area contributed by atoms with E-state index >= 15 is 0 Å². The second kappa shape index (κ2) is 6.54. The third-order valence-corrected chi connectivity index (χ3v) is 4.62. The predicted molar refractivity (Wildman–Crippen MR) is 70.7 cm³/mol. The molecular formula is C14H24O6. The Bertz CT molecular complexity index is 365. The molecule has 0 radical (unpaired) electrons. The SMILES string of the molecule is CC1(C)[C@@H](C(=O)OCCO)CC[C@@]1(C)C(=O)OCCO. The summed E-state index contributed by atoms with van der Waals surface area (Å²) in [6, 6.07) is 0. The van der Waals surface area contributed by atoms with Crippen LogP contribution in [0.4, 0.5) is 0 Å². The number of rotatable bonds is 6. The van der Waals surface area contributed by atoms with Gasteiger partial charge in [0.1, 0.15) is 13.2 Å². The molecule has 1 saturated carbocycles. The van der Waals surface area contributed by atoms with Crippen molar-refractivity contribution < 1.29 is 29.3 Å². The van der Waals surface area contributed by atoms with E-state index < -0.39 is 22.7 Å². The first-order valence-electron chi connectivity index (χ1n) is 6.87. The predicted octanol–water partition coefficient (Wildman–Crippen LogP) is 0.500. The lowest BCUT2D eigenvalue weighted by Gasteiger charge is -2.38. The minimum Gasteiger partial charge on any atom is -0.463 e. The van der Waals surface area contributed by atoms with Crippen LogP contribution in [0.2, 0.25) is 0 Å². The highest BCUT2D eigenvalue weighted by Crippen LogP contribution is 2.56. The highest BCUT2D eigenvalue weighted by Gasteiger charge is 2.59. The molecule has 0 spiro atoms. The molecule has 116 valence electrons. The molecule has 0 unspecified atom stereocenters. The van der Waals surface area contributed by atoms with Crippen LogP contribution in [0.1, 0.15) is 33.6 Å². The number of hydrogen-bond acceptors (Lipinski definition) is 6. The first-order chi connectivity index (χ1) is 9.31. The summed E-state index contributed by atoms with van der Waals surface area (Å²) in [7, 11) is 0. The van der Waals surface area contributed by atoms with Gasteiger partial charge in [-0.15, -0.1) is 0 Å². The molecular weight excluding hydrogens is 264 g/mol. The smallest absolute Gasteiger partial charge is 0.312 e. The van der Waals surface area contributed by atoms with Gasteiger partial charge in [-0.1, -0.05) is 13.8 Å². The standard InChI is InChI=1S/C14H24O6/c1-13(2)10(11(17)19-8-6-15)4-5-14(13,3)12(18)20-9-7-16/h10,15-16H,4-9H2,1-3H3/t10-,14+/m1/s1. The number of carbonyl (C=O) groups excluding carboxylic acids is 2. The number of esters is 2. The average Bonchev–Trinajstić information content (AvgIpc) is 2.65. The van der Waals surface area contributed by atoms with E-state index in [0.29, 0.717) is 12.8 Å². The zero-order chi connectivity index (χ0) is 15.4.